The van der Waals surface area contributed by atoms with Crippen LogP contribution in [0.15, 0.2) is 162 Å². The average molecular weight is 723 g/mol. The Balaban J connectivity index is 1.06. The fourth-order valence-electron chi connectivity index (χ4n) is 5.95. The van der Waals surface area contributed by atoms with Crippen LogP contribution in [0.25, 0.3) is 0 Å². The van der Waals surface area contributed by atoms with Crippen molar-refractivity contribution in [3.63, 3.8) is 0 Å². The second-order valence-corrected chi connectivity index (χ2v) is 12.2. The van der Waals surface area contributed by atoms with Crippen LogP contribution in [0.4, 0.5) is 34.1 Å². The van der Waals surface area contributed by atoms with Crippen molar-refractivity contribution in [2.75, 3.05) is 38.2 Å². The lowest BCUT2D eigenvalue weighted by atomic mass is 10.1. The first-order chi connectivity index (χ1) is 27.0. The highest BCUT2D eigenvalue weighted by Crippen LogP contribution is 2.37. The largest absolute Gasteiger partial charge is 0.497 e. The zero-order valence-electron chi connectivity index (χ0n) is 30.9. The number of anilines is 6. The number of hydrogen-bond donors (Lipinski definition) is 0. The molecule has 0 amide bonds. The van der Waals surface area contributed by atoms with Gasteiger partial charge in [-0.15, -0.1) is 0 Å². The molecule has 0 spiro atoms. The molecule has 0 fully saturated rings. The molecule has 0 aliphatic heterocycles. The lowest BCUT2D eigenvalue weighted by Gasteiger charge is -2.25. The zero-order chi connectivity index (χ0) is 38.0. The van der Waals surface area contributed by atoms with E-state index in [0.717, 1.165) is 68.2 Å². The summed E-state index contributed by atoms with van der Waals surface area (Å²) in [4.78, 5) is 4.33. The number of ether oxygens (including phenoxy) is 4. The predicted octanol–water partition coefficient (Wildman–Crippen LogP) is 11.1. The SMILES string of the molecule is COc1ccc(N(c2ccc(C#Cc3ccc(C#Cc4ccc(N(c5ccc(OC)cc5)c5ccc(OC)cc5)cc4)o3)cc2)c2ccc(OC)cc2)cc1. The van der Waals surface area contributed by atoms with E-state index in [1.54, 1.807) is 28.4 Å². The Labute approximate surface area is 321 Å². The molecule has 1 heterocycles. The zero-order valence-corrected chi connectivity index (χ0v) is 30.9. The van der Waals surface area contributed by atoms with E-state index in [1.165, 1.54) is 0 Å². The normalized spacial score (nSPS) is 10.3. The first kappa shape index (κ1) is 35.9. The molecule has 0 radical (unpaired) electrons. The maximum atomic E-state index is 5.95. The van der Waals surface area contributed by atoms with E-state index in [0.29, 0.717) is 11.5 Å². The van der Waals surface area contributed by atoms with Gasteiger partial charge in [-0.2, -0.15) is 0 Å². The Hall–Kier alpha value is -7.48. The van der Waals surface area contributed by atoms with E-state index < -0.39 is 0 Å². The van der Waals surface area contributed by atoms with Gasteiger partial charge in [-0.1, -0.05) is 11.8 Å². The Morgan fingerprint density at radius 1 is 0.309 bits per heavy atom. The van der Waals surface area contributed by atoms with E-state index in [9.17, 15) is 0 Å². The molecule has 0 bridgehead atoms. The van der Waals surface area contributed by atoms with Gasteiger partial charge < -0.3 is 33.2 Å². The summed E-state index contributed by atoms with van der Waals surface area (Å²) in [6.45, 7) is 0. The van der Waals surface area contributed by atoms with Gasteiger partial charge in [0.15, 0.2) is 11.5 Å². The van der Waals surface area contributed by atoms with Crippen LogP contribution in [0, 0.1) is 23.7 Å². The van der Waals surface area contributed by atoms with Gasteiger partial charge in [0, 0.05) is 45.3 Å². The third kappa shape index (κ3) is 8.60. The molecule has 7 nitrogen and oxygen atoms in total. The predicted molar refractivity (Wildman–Crippen MR) is 219 cm³/mol. The van der Waals surface area contributed by atoms with Crippen LogP contribution in [0.2, 0.25) is 0 Å². The highest BCUT2D eigenvalue weighted by Gasteiger charge is 2.14. The average Bonchev–Trinajstić information content (AvgIpc) is 3.72. The van der Waals surface area contributed by atoms with Crippen molar-refractivity contribution in [2.24, 2.45) is 0 Å². The number of rotatable bonds is 10. The Morgan fingerprint density at radius 3 is 0.782 bits per heavy atom. The van der Waals surface area contributed by atoms with E-state index in [2.05, 4.69) is 57.7 Å². The molecular weight excluding hydrogens is 685 g/mol. The molecule has 0 aliphatic carbocycles. The van der Waals surface area contributed by atoms with Gasteiger partial charge in [-0.3, -0.25) is 0 Å². The molecule has 0 saturated carbocycles. The maximum absolute atomic E-state index is 5.95. The molecule has 6 aromatic carbocycles. The number of methoxy groups -OCH3 is 4. The molecule has 7 aromatic rings. The van der Waals surface area contributed by atoms with Crippen LogP contribution in [-0.4, -0.2) is 28.4 Å². The lowest BCUT2D eigenvalue weighted by Crippen LogP contribution is -2.09. The topological polar surface area (TPSA) is 56.5 Å². The summed E-state index contributed by atoms with van der Waals surface area (Å²) in [7, 11) is 6.65. The highest BCUT2D eigenvalue weighted by atomic mass is 16.5. The van der Waals surface area contributed by atoms with E-state index in [1.807, 2.05) is 133 Å². The molecule has 0 saturated heterocycles. The van der Waals surface area contributed by atoms with E-state index >= 15 is 0 Å². The number of nitrogens with zero attached hydrogens (tertiary/aromatic N) is 2. The van der Waals surface area contributed by atoms with Gasteiger partial charge >= 0.3 is 0 Å². The van der Waals surface area contributed by atoms with Gasteiger partial charge in [0.2, 0.25) is 0 Å². The van der Waals surface area contributed by atoms with Crippen LogP contribution in [-0.2, 0) is 0 Å². The van der Waals surface area contributed by atoms with Gasteiger partial charge in [0.1, 0.15) is 23.0 Å². The Kier molecular flexibility index (Phi) is 11.0. The van der Waals surface area contributed by atoms with Crippen LogP contribution in [0.3, 0.4) is 0 Å². The molecule has 270 valence electrons. The minimum atomic E-state index is 0.538. The van der Waals surface area contributed by atoms with Crippen LogP contribution < -0.4 is 28.7 Å². The molecule has 0 N–H and O–H groups in total. The number of furan rings is 1. The van der Waals surface area contributed by atoms with Gasteiger partial charge in [0.25, 0.3) is 0 Å². The van der Waals surface area contributed by atoms with Crippen molar-refractivity contribution in [1.82, 2.24) is 0 Å². The van der Waals surface area contributed by atoms with Crippen molar-refractivity contribution < 1.29 is 23.4 Å². The summed E-state index contributed by atoms with van der Waals surface area (Å²) in [5.74, 6) is 17.0. The standard InChI is InChI=1S/C48H38N2O5/c1-51-43-25-15-39(16-26-43)49(40-17-27-44(52-2)28-18-40)37-11-5-35(6-12-37)9-23-47-33-34-48(55-47)24-10-36-7-13-38(14-8-36)50(41-19-29-45(53-3)30-20-41)42-21-31-46(54-4)32-22-42/h5-8,11-22,25-34H,1-4H3. The summed E-state index contributed by atoms with van der Waals surface area (Å²) in [5, 5.41) is 0. The fraction of sp³-hybridized carbons (Fsp3) is 0.0833. The molecule has 1 aromatic heterocycles. The molecule has 0 unspecified atom stereocenters. The second-order valence-electron chi connectivity index (χ2n) is 12.2. The molecule has 0 atom stereocenters. The van der Waals surface area contributed by atoms with Gasteiger partial charge in [-0.25, -0.2) is 0 Å². The highest BCUT2D eigenvalue weighted by molar-refractivity contribution is 5.78. The number of benzene rings is 6. The van der Waals surface area contributed by atoms with E-state index in [-0.39, 0.29) is 0 Å². The Bertz CT molecular complexity index is 2180. The smallest absolute Gasteiger partial charge is 0.178 e. The van der Waals surface area contributed by atoms with Crippen LogP contribution in [0.5, 0.6) is 23.0 Å². The maximum Gasteiger partial charge on any atom is 0.178 e. The van der Waals surface area contributed by atoms with Crippen molar-refractivity contribution in [3.8, 4) is 46.7 Å². The molecule has 0 aliphatic rings. The van der Waals surface area contributed by atoms with Gasteiger partial charge in [0.05, 0.1) is 28.4 Å². The van der Waals surface area contributed by atoms with Crippen molar-refractivity contribution >= 4 is 34.1 Å². The minimum Gasteiger partial charge on any atom is -0.497 e. The van der Waals surface area contributed by atoms with Gasteiger partial charge in [-0.05, 0) is 170 Å². The third-order valence-electron chi connectivity index (χ3n) is 8.84. The summed E-state index contributed by atoms with van der Waals surface area (Å²) in [6.07, 6.45) is 0. The molecular formula is C48H38N2O5. The van der Waals surface area contributed by atoms with Crippen molar-refractivity contribution in [3.05, 3.63) is 180 Å². The van der Waals surface area contributed by atoms with Crippen molar-refractivity contribution in [2.45, 2.75) is 0 Å². The second kappa shape index (κ2) is 16.9. The number of hydrogen-bond acceptors (Lipinski definition) is 7. The minimum absolute atomic E-state index is 0.538. The fourth-order valence-corrected chi connectivity index (χ4v) is 5.95. The summed E-state index contributed by atoms with van der Waals surface area (Å²) >= 11 is 0. The van der Waals surface area contributed by atoms with Crippen LogP contribution >= 0.6 is 0 Å². The monoisotopic (exact) mass is 722 g/mol. The first-order valence-electron chi connectivity index (χ1n) is 17.5. The van der Waals surface area contributed by atoms with Crippen molar-refractivity contribution in [1.29, 1.82) is 0 Å². The molecule has 55 heavy (non-hydrogen) atoms. The molecule has 7 rings (SSSR count). The quantitative estimate of drug-likeness (QED) is 0.130. The first-order valence-corrected chi connectivity index (χ1v) is 17.5. The van der Waals surface area contributed by atoms with E-state index in [4.69, 9.17) is 23.4 Å². The summed E-state index contributed by atoms with van der Waals surface area (Å²) < 4.78 is 27.5. The lowest BCUT2D eigenvalue weighted by molar-refractivity contribution is 0.414. The summed E-state index contributed by atoms with van der Waals surface area (Å²) in [6, 6.07) is 51.7. The van der Waals surface area contributed by atoms with Crippen LogP contribution in [0.1, 0.15) is 22.6 Å². The molecule has 7 heteroatoms. The Morgan fingerprint density at radius 2 is 0.545 bits per heavy atom. The summed E-state index contributed by atoms with van der Waals surface area (Å²) in [5.41, 5.74) is 7.66. The third-order valence-corrected chi connectivity index (χ3v) is 8.84.